The summed E-state index contributed by atoms with van der Waals surface area (Å²) in [5.41, 5.74) is 6.55. The van der Waals surface area contributed by atoms with E-state index in [1.165, 1.54) is 5.56 Å². The summed E-state index contributed by atoms with van der Waals surface area (Å²) < 4.78 is 12.1. The molecule has 1 aliphatic carbocycles. The van der Waals surface area contributed by atoms with Crippen LogP contribution in [0.25, 0.3) is 43.9 Å². The van der Waals surface area contributed by atoms with Gasteiger partial charge in [0.2, 0.25) is 0 Å². The van der Waals surface area contributed by atoms with Crippen molar-refractivity contribution in [3.63, 3.8) is 0 Å². The summed E-state index contributed by atoms with van der Waals surface area (Å²) in [6.45, 7) is 15.4. The Morgan fingerprint density at radius 3 is 1.98 bits per heavy atom. The zero-order valence-corrected chi connectivity index (χ0v) is 32.9. The molecule has 0 aliphatic heterocycles. The van der Waals surface area contributed by atoms with Crippen LogP contribution in [0.4, 0.5) is 11.4 Å². The summed E-state index contributed by atoms with van der Waals surface area (Å²) in [6.07, 6.45) is 2.80. The van der Waals surface area contributed by atoms with Crippen LogP contribution in [0.2, 0.25) is 0 Å². The number of aromatic hydroxyl groups is 1. The van der Waals surface area contributed by atoms with E-state index in [9.17, 15) is 9.90 Å². The molecule has 1 heterocycles. The predicted molar refractivity (Wildman–Crippen MR) is 226 cm³/mol. The van der Waals surface area contributed by atoms with E-state index in [0.717, 1.165) is 39.8 Å². The van der Waals surface area contributed by atoms with Gasteiger partial charge in [0.25, 0.3) is 0 Å². The van der Waals surface area contributed by atoms with Crippen molar-refractivity contribution < 1.29 is 19.4 Å². The van der Waals surface area contributed by atoms with Gasteiger partial charge in [0, 0.05) is 45.4 Å². The van der Waals surface area contributed by atoms with Crippen LogP contribution in [0.3, 0.4) is 0 Å². The molecule has 0 unspecified atom stereocenters. The van der Waals surface area contributed by atoms with Crippen molar-refractivity contribution in [2.75, 3.05) is 12.4 Å². The topological polar surface area (TPSA) is 80.7 Å². The van der Waals surface area contributed by atoms with E-state index in [2.05, 4.69) is 52.1 Å². The maximum Gasteiger partial charge on any atom is 0.196 e. The van der Waals surface area contributed by atoms with Crippen molar-refractivity contribution in [1.29, 1.82) is 0 Å². The highest BCUT2D eigenvalue weighted by Crippen LogP contribution is 2.51. The molecule has 0 saturated carbocycles. The summed E-state index contributed by atoms with van der Waals surface area (Å²) in [5, 5.41) is 18.3. The van der Waals surface area contributed by atoms with Crippen LogP contribution in [-0.4, -0.2) is 23.0 Å². The normalized spacial score (nSPS) is 12.2. The molecule has 2 N–H and O–H groups in total. The summed E-state index contributed by atoms with van der Waals surface area (Å²) in [7, 11) is 1.63. The lowest BCUT2D eigenvalue weighted by molar-refractivity contribution is 0.104. The molecule has 0 amide bonds. The number of rotatable bonds is 8. The number of fused-ring (bicyclic) bond motifs is 3. The summed E-state index contributed by atoms with van der Waals surface area (Å²) in [5.74, 6) is 1.96. The second-order valence-electron chi connectivity index (χ2n) is 15.8. The van der Waals surface area contributed by atoms with E-state index in [-0.39, 0.29) is 22.4 Å². The fraction of sp³-hybridized carbons (Fsp3) is 0.224. The lowest BCUT2D eigenvalue weighted by Gasteiger charge is -2.33. The Bertz CT molecular complexity index is 2550. The summed E-state index contributed by atoms with van der Waals surface area (Å²) in [6, 6.07) is 37.1. The molecule has 0 atom stereocenters. The van der Waals surface area contributed by atoms with E-state index in [4.69, 9.17) is 14.5 Å². The van der Waals surface area contributed by atoms with E-state index in [0.29, 0.717) is 50.3 Å². The first-order chi connectivity index (χ1) is 26.4. The number of ether oxygens (including phenoxy) is 2. The maximum atomic E-state index is 14.6. The lowest BCUT2D eigenvalue weighted by atomic mass is 9.72. The lowest BCUT2D eigenvalue weighted by Crippen LogP contribution is -2.24. The van der Waals surface area contributed by atoms with Crippen LogP contribution in [-0.2, 0) is 5.41 Å². The van der Waals surface area contributed by atoms with Gasteiger partial charge >= 0.3 is 0 Å². The highest BCUT2D eigenvalue weighted by atomic mass is 16.5. The molecule has 0 radical (unpaired) electrons. The second-order valence-corrected chi connectivity index (χ2v) is 15.8. The SMILES string of the molecule is CC.COc1ccc(Nc2cc(Oc3ccc(C(C)(C)CC(C)(C)C)cc3)c3cnc(-c4cc5ccccc5cc4O)c4c3c2C(=O)c2ccccc2-4)cc1. The number of methoxy groups -OCH3 is 1. The number of ketones is 1. The van der Waals surface area contributed by atoms with Gasteiger partial charge in [-0.05, 0) is 87.7 Å². The fourth-order valence-electron chi connectivity index (χ4n) is 8.07. The quantitative estimate of drug-likeness (QED) is 0.162. The molecule has 1 aromatic heterocycles. The first kappa shape index (κ1) is 37.2. The Labute approximate surface area is 323 Å². The molecule has 0 saturated heterocycles. The molecule has 6 aromatic carbocycles. The standard InChI is InChI=1S/C47H42N2O4.C2H6/c1-46(2,3)27-47(4,5)30-15-19-33(20-16-30)53-40-25-38(49-31-17-21-32(52-6)22-18-31)43-41-37(40)26-48-44(42(41)34-13-9-10-14-35(34)45(43)51)36-23-28-11-7-8-12-29(28)24-39(36)50;1-2/h7-26,49-50H,27H2,1-6H3;1-2H3. The second kappa shape index (κ2) is 14.6. The molecule has 0 bridgehead atoms. The predicted octanol–water partition coefficient (Wildman–Crippen LogP) is 13.3. The summed E-state index contributed by atoms with van der Waals surface area (Å²) in [4.78, 5) is 19.7. The number of benzene rings is 6. The zero-order valence-electron chi connectivity index (χ0n) is 32.9. The van der Waals surface area contributed by atoms with Crippen LogP contribution in [0.15, 0.2) is 121 Å². The van der Waals surface area contributed by atoms with Gasteiger partial charge in [-0.25, -0.2) is 0 Å². The molecular formula is C49H48N2O4. The Morgan fingerprint density at radius 2 is 1.33 bits per heavy atom. The number of pyridine rings is 1. The molecule has 6 nitrogen and oxygen atoms in total. The van der Waals surface area contributed by atoms with Gasteiger partial charge in [-0.2, -0.15) is 0 Å². The molecule has 0 fully saturated rings. The monoisotopic (exact) mass is 728 g/mol. The number of phenolic OH excluding ortho intramolecular Hbond substituents is 1. The Hall–Kier alpha value is -6.14. The number of hydrogen-bond acceptors (Lipinski definition) is 6. The number of nitrogens with zero attached hydrogens (tertiary/aromatic N) is 1. The van der Waals surface area contributed by atoms with E-state index < -0.39 is 0 Å². The van der Waals surface area contributed by atoms with Crippen molar-refractivity contribution >= 4 is 38.7 Å². The van der Waals surface area contributed by atoms with Gasteiger partial charge < -0.3 is 19.9 Å². The Balaban J connectivity index is 0.00000229. The number of anilines is 2. The van der Waals surface area contributed by atoms with E-state index in [1.807, 2.05) is 111 Å². The van der Waals surface area contributed by atoms with Crippen LogP contribution < -0.4 is 14.8 Å². The third-order valence-corrected chi connectivity index (χ3v) is 10.1. The van der Waals surface area contributed by atoms with Gasteiger partial charge in [-0.3, -0.25) is 9.78 Å². The van der Waals surface area contributed by atoms with Crippen molar-refractivity contribution in [3.05, 3.63) is 138 Å². The molecule has 278 valence electrons. The zero-order chi connectivity index (χ0) is 39.1. The van der Waals surface area contributed by atoms with Crippen LogP contribution in [0.5, 0.6) is 23.0 Å². The smallest absolute Gasteiger partial charge is 0.196 e. The number of aromatic nitrogens is 1. The molecule has 55 heavy (non-hydrogen) atoms. The minimum absolute atomic E-state index is 0.0190. The van der Waals surface area contributed by atoms with E-state index in [1.54, 1.807) is 19.4 Å². The summed E-state index contributed by atoms with van der Waals surface area (Å²) >= 11 is 0. The van der Waals surface area contributed by atoms with Gasteiger partial charge in [0.1, 0.15) is 23.0 Å². The first-order valence-electron chi connectivity index (χ1n) is 19.0. The van der Waals surface area contributed by atoms with E-state index >= 15 is 0 Å². The third-order valence-electron chi connectivity index (χ3n) is 10.1. The van der Waals surface area contributed by atoms with Gasteiger partial charge in [-0.15, -0.1) is 0 Å². The van der Waals surface area contributed by atoms with Gasteiger partial charge in [0.05, 0.1) is 24.1 Å². The molecule has 8 rings (SSSR count). The van der Waals surface area contributed by atoms with Crippen LogP contribution in [0.1, 0.15) is 76.4 Å². The largest absolute Gasteiger partial charge is 0.507 e. The number of carbonyl (C=O) groups is 1. The van der Waals surface area contributed by atoms with Crippen LogP contribution in [0, 0.1) is 5.41 Å². The molecule has 7 aromatic rings. The van der Waals surface area contributed by atoms with Crippen LogP contribution >= 0.6 is 0 Å². The molecule has 6 heteroatoms. The third kappa shape index (κ3) is 7.12. The minimum Gasteiger partial charge on any atom is -0.507 e. The molecule has 1 aliphatic rings. The van der Waals surface area contributed by atoms with Gasteiger partial charge in [-0.1, -0.05) is 109 Å². The number of phenols is 1. The first-order valence-corrected chi connectivity index (χ1v) is 19.0. The van der Waals surface area contributed by atoms with Gasteiger partial charge in [0.15, 0.2) is 5.78 Å². The molecular weight excluding hydrogens is 681 g/mol. The van der Waals surface area contributed by atoms with Crippen molar-refractivity contribution in [2.45, 2.75) is 60.3 Å². The average molecular weight is 729 g/mol. The number of nitrogens with one attached hydrogen (secondary N) is 1. The highest BCUT2D eigenvalue weighted by molar-refractivity contribution is 6.30. The number of hydrogen-bond donors (Lipinski definition) is 2. The Kier molecular flexibility index (Phi) is 9.87. The number of carbonyl (C=O) groups excluding carboxylic acids is 1. The van der Waals surface area contributed by atoms with Crippen molar-refractivity contribution in [1.82, 2.24) is 4.98 Å². The maximum absolute atomic E-state index is 14.6. The average Bonchev–Trinajstić information content (AvgIpc) is 3.17. The highest BCUT2D eigenvalue weighted by Gasteiger charge is 2.33. The van der Waals surface area contributed by atoms with Crippen molar-refractivity contribution in [2.24, 2.45) is 5.41 Å². The van der Waals surface area contributed by atoms with Crippen molar-refractivity contribution in [3.8, 4) is 45.4 Å². The Morgan fingerprint density at radius 1 is 0.709 bits per heavy atom. The molecule has 0 spiro atoms. The minimum atomic E-state index is -0.106. The fourth-order valence-corrected chi connectivity index (χ4v) is 8.07.